The zero-order valence-corrected chi connectivity index (χ0v) is 26.0. The van der Waals surface area contributed by atoms with Gasteiger partial charge in [0.05, 0.1) is 18.8 Å². The molecule has 0 unspecified atom stereocenters. The second kappa shape index (κ2) is 11.5. The lowest BCUT2D eigenvalue weighted by Gasteiger charge is -2.32. The molecule has 0 bridgehead atoms. The summed E-state index contributed by atoms with van der Waals surface area (Å²) in [6.07, 6.45) is 6.06. The minimum atomic E-state index is -0.166. The molecule has 9 nitrogen and oxygen atoms in total. The fraction of sp³-hybridized carbons (Fsp3) is 0.278. The first-order chi connectivity index (χ1) is 21.7. The number of aromatic nitrogens is 2. The van der Waals surface area contributed by atoms with Gasteiger partial charge >= 0.3 is 0 Å². The lowest BCUT2D eigenvalue weighted by atomic mass is 10.0. The van der Waals surface area contributed by atoms with Crippen LogP contribution in [0.15, 0.2) is 83.4 Å². The maximum Gasteiger partial charge on any atom is 0.253 e. The SMILES string of the molecule is COc1cc(COc2cccc(-c3ccc(C(=O)N4CCN(C)CC4)cc3)c2)c2cc(-c3cn4c(n3)C=CC(C)(C)N4)oc2c1. The van der Waals surface area contributed by atoms with Crippen molar-refractivity contribution >= 4 is 23.0 Å². The van der Waals surface area contributed by atoms with E-state index in [1.165, 1.54) is 0 Å². The molecule has 0 radical (unpaired) electrons. The molecule has 45 heavy (non-hydrogen) atoms. The number of amides is 1. The Morgan fingerprint density at radius 2 is 1.78 bits per heavy atom. The van der Waals surface area contributed by atoms with Crippen LogP contribution in [0.1, 0.15) is 35.6 Å². The van der Waals surface area contributed by atoms with Crippen molar-refractivity contribution in [2.75, 3.05) is 45.8 Å². The molecule has 7 rings (SSSR count). The number of rotatable bonds is 7. The number of hydrogen-bond donors (Lipinski definition) is 1. The van der Waals surface area contributed by atoms with Gasteiger partial charge in [-0.15, -0.1) is 0 Å². The van der Waals surface area contributed by atoms with Gasteiger partial charge in [-0.25, -0.2) is 9.66 Å². The number of nitrogens with one attached hydrogen (secondary N) is 1. The summed E-state index contributed by atoms with van der Waals surface area (Å²) in [4.78, 5) is 21.9. The van der Waals surface area contributed by atoms with Crippen LogP contribution in [0.25, 0.3) is 39.6 Å². The third kappa shape index (κ3) is 5.91. The molecule has 1 saturated heterocycles. The van der Waals surface area contributed by atoms with Crippen molar-refractivity contribution < 1.29 is 18.7 Å². The van der Waals surface area contributed by atoms with Gasteiger partial charge in [0.15, 0.2) is 11.6 Å². The Balaban J connectivity index is 1.09. The molecule has 0 atom stereocenters. The lowest BCUT2D eigenvalue weighted by molar-refractivity contribution is 0.0664. The van der Waals surface area contributed by atoms with E-state index >= 15 is 0 Å². The molecule has 2 aliphatic heterocycles. The summed E-state index contributed by atoms with van der Waals surface area (Å²) in [6.45, 7) is 7.86. The van der Waals surface area contributed by atoms with E-state index < -0.39 is 0 Å². The highest BCUT2D eigenvalue weighted by Crippen LogP contribution is 2.34. The molecule has 0 aliphatic carbocycles. The molecule has 0 spiro atoms. The Morgan fingerprint density at radius 3 is 2.56 bits per heavy atom. The number of methoxy groups -OCH3 is 1. The average Bonchev–Trinajstić information content (AvgIpc) is 3.67. The second-order valence-electron chi connectivity index (χ2n) is 12.3. The Hall–Kier alpha value is -5.02. The Morgan fingerprint density at radius 1 is 0.978 bits per heavy atom. The van der Waals surface area contributed by atoms with E-state index in [9.17, 15) is 4.79 Å². The number of benzene rings is 3. The summed E-state index contributed by atoms with van der Waals surface area (Å²) in [5.41, 5.74) is 8.41. The van der Waals surface area contributed by atoms with Crippen molar-refractivity contribution in [1.29, 1.82) is 0 Å². The van der Waals surface area contributed by atoms with Gasteiger partial charge in [-0.3, -0.25) is 4.79 Å². The number of furan rings is 1. The highest BCUT2D eigenvalue weighted by molar-refractivity contribution is 5.95. The normalized spacial score (nSPS) is 16.0. The van der Waals surface area contributed by atoms with Crippen molar-refractivity contribution in [1.82, 2.24) is 19.5 Å². The van der Waals surface area contributed by atoms with Crippen LogP contribution in [0, 0.1) is 0 Å². The third-order valence-electron chi connectivity index (χ3n) is 8.46. The van der Waals surface area contributed by atoms with Crippen molar-refractivity contribution in [2.45, 2.75) is 26.0 Å². The summed E-state index contributed by atoms with van der Waals surface area (Å²) >= 11 is 0. The van der Waals surface area contributed by atoms with E-state index in [1.807, 2.05) is 88.6 Å². The van der Waals surface area contributed by atoms with E-state index in [-0.39, 0.29) is 11.4 Å². The number of nitrogens with zero attached hydrogens (tertiary/aromatic N) is 4. The van der Waals surface area contributed by atoms with Gasteiger partial charge < -0.3 is 29.1 Å². The first-order valence-corrected chi connectivity index (χ1v) is 15.2. The van der Waals surface area contributed by atoms with Gasteiger partial charge in [-0.05, 0) is 74.5 Å². The Kier molecular flexibility index (Phi) is 7.33. The molecule has 1 fully saturated rings. The largest absolute Gasteiger partial charge is 0.497 e. The Bertz CT molecular complexity index is 1890. The minimum Gasteiger partial charge on any atom is -0.497 e. The molecule has 2 aromatic heterocycles. The minimum absolute atomic E-state index is 0.0868. The van der Waals surface area contributed by atoms with Crippen molar-refractivity contribution in [3.05, 3.63) is 96.0 Å². The molecule has 9 heteroatoms. The smallest absolute Gasteiger partial charge is 0.253 e. The molecule has 3 aromatic carbocycles. The molecule has 230 valence electrons. The third-order valence-corrected chi connectivity index (χ3v) is 8.46. The molecule has 1 N–H and O–H groups in total. The number of hydrogen-bond acceptors (Lipinski definition) is 7. The van der Waals surface area contributed by atoms with Crippen LogP contribution in [0.4, 0.5) is 0 Å². The second-order valence-corrected chi connectivity index (χ2v) is 12.3. The van der Waals surface area contributed by atoms with E-state index in [4.69, 9.17) is 18.9 Å². The summed E-state index contributed by atoms with van der Waals surface area (Å²) in [5, 5.41) is 0.942. The summed E-state index contributed by atoms with van der Waals surface area (Å²) in [6, 6.07) is 21.7. The molecule has 5 aromatic rings. The van der Waals surface area contributed by atoms with Gasteiger partial charge in [-0.2, -0.15) is 0 Å². The quantitative estimate of drug-likeness (QED) is 0.234. The van der Waals surface area contributed by atoms with Crippen LogP contribution in [-0.2, 0) is 6.61 Å². The summed E-state index contributed by atoms with van der Waals surface area (Å²) < 4.78 is 20.1. The monoisotopic (exact) mass is 603 g/mol. The van der Waals surface area contributed by atoms with Crippen LogP contribution < -0.4 is 14.9 Å². The van der Waals surface area contributed by atoms with Crippen molar-refractivity contribution in [2.24, 2.45) is 0 Å². The first kappa shape index (κ1) is 28.7. The van der Waals surface area contributed by atoms with E-state index in [0.717, 1.165) is 65.5 Å². The number of carbonyl (C=O) groups excluding carboxylic acids is 1. The maximum absolute atomic E-state index is 13.0. The number of fused-ring (bicyclic) bond motifs is 2. The molecule has 2 aliphatic rings. The molecular formula is C36H37N5O4. The van der Waals surface area contributed by atoms with Gasteiger partial charge in [0.2, 0.25) is 0 Å². The van der Waals surface area contributed by atoms with Crippen LogP contribution in [0.2, 0.25) is 0 Å². The fourth-order valence-corrected chi connectivity index (χ4v) is 5.82. The number of ether oxygens (including phenoxy) is 2. The predicted molar refractivity (Wildman–Crippen MR) is 176 cm³/mol. The zero-order valence-electron chi connectivity index (χ0n) is 26.0. The summed E-state index contributed by atoms with van der Waals surface area (Å²) in [5.74, 6) is 3.02. The molecule has 4 heterocycles. The first-order valence-electron chi connectivity index (χ1n) is 15.2. The van der Waals surface area contributed by atoms with E-state index in [2.05, 4.69) is 37.3 Å². The van der Waals surface area contributed by atoms with Gasteiger partial charge in [0, 0.05) is 48.8 Å². The summed E-state index contributed by atoms with van der Waals surface area (Å²) in [7, 11) is 3.73. The van der Waals surface area contributed by atoms with E-state index in [0.29, 0.717) is 29.3 Å². The highest BCUT2D eigenvalue weighted by Gasteiger charge is 2.23. The fourth-order valence-electron chi connectivity index (χ4n) is 5.82. The van der Waals surface area contributed by atoms with Crippen molar-refractivity contribution in [3.8, 4) is 34.1 Å². The van der Waals surface area contributed by atoms with E-state index in [1.54, 1.807) is 7.11 Å². The van der Waals surface area contributed by atoms with Gasteiger partial charge in [-0.1, -0.05) is 30.3 Å². The Labute approximate surface area is 262 Å². The number of imidazole rings is 1. The van der Waals surface area contributed by atoms with Crippen molar-refractivity contribution in [3.63, 3.8) is 0 Å². The average molecular weight is 604 g/mol. The zero-order chi connectivity index (χ0) is 31.1. The highest BCUT2D eigenvalue weighted by atomic mass is 16.5. The predicted octanol–water partition coefficient (Wildman–Crippen LogP) is 6.29. The van der Waals surface area contributed by atoms with Crippen LogP contribution in [0.5, 0.6) is 11.5 Å². The standard InChI is InChI=1S/C36H37N5O4/c1-36(2)13-12-34-37-31(22-41(34)38-36)33-21-30-27(19-29(43-4)20-32(30)45-33)23-44-28-7-5-6-26(18-28)24-8-10-25(11-9-24)35(42)40-16-14-39(3)15-17-40/h5-13,18-22,38H,14-17,23H2,1-4H3. The maximum atomic E-state index is 13.0. The van der Waals surface area contributed by atoms with Gasteiger partial charge in [0.25, 0.3) is 5.91 Å². The lowest BCUT2D eigenvalue weighted by Crippen LogP contribution is -2.47. The topological polar surface area (TPSA) is 85.0 Å². The molecular weight excluding hydrogens is 566 g/mol. The molecule has 0 saturated carbocycles. The molecule has 1 amide bonds. The number of likely N-dealkylation sites (N-methyl/N-ethyl adjacent to an activating group) is 1. The number of carbonyl (C=O) groups is 1. The van der Waals surface area contributed by atoms with Crippen LogP contribution in [0.3, 0.4) is 0 Å². The van der Waals surface area contributed by atoms with Crippen LogP contribution >= 0.6 is 0 Å². The number of piperazine rings is 1. The van der Waals surface area contributed by atoms with Crippen LogP contribution in [-0.4, -0.2) is 71.2 Å². The van der Waals surface area contributed by atoms with Gasteiger partial charge in [0.1, 0.15) is 29.4 Å².